The molecule has 138 valence electrons. The highest BCUT2D eigenvalue weighted by atomic mass is 32.2. The summed E-state index contributed by atoms with van der Waals surface area (Å²) in [5.74, 6) is 2.77. The first-order chi connectivity index (χ1) is 12.7. The van der Waals surface area contributed by atoms with Gasteiger partial charge in [0.25, 0.3) is 0 Å². The molecule has 0 N–H and O–H groups in total. The van der Waals surface area contributed by atoms with Crippen LogP contribution in [0, 0.1) is 6.92 Å². The summed E-state index contributed by atoms with van der Waals surface area (Å²) in [6, 6.07) is 12.2. The Morgan fingerprint density at radius 2 is 1.88 bits per heavy atom. The Bertz CT molecular complexity index is 728. The number of aromatic nitrogens is 1. The number of carbonyl (C=O) groups is 1. The molecule has 0 bridgehead atoms. The normalized spacial score (nSPS) is 14.4. The second-order valence-corrected chi connectivity index (χ2v) is 7.50. The molecule has 2 aromatic rings. The Morgan fingerprint density at radius 3 is 2.58 bits per heavy atom. The molecule has 1 aliphatic rings. The molecule has 5 nitrogen and oxygen atoms in total. The quantitative estimate of drug-likeness (QED) is 0.730. The van der Waals surface area contributed by atoms with Gasteiger partial charge < -0.3 is 14.5 Å². The number of pyridine rings is 1. The van der Waals surface area contributed by atoms with Crippen molar-refractivity contribution in [2.24, 2.45) is 0 Å². The Balaban J connectivity index is 1.43. The van der Waals surface area contributed by atoms with E-state index in [0.29, 0.717) is 6.42 Å². The van der Waals surface area contributed by atoms with Gasteiger partial charge >= 0.3 is 0 Å². The number of rotatable bonds is 6. The molecule has 2 heterocycles. The second-order valence-electron chi connectivity index (χ2n) is 6.33. The molecule has 3 rings (SSSR count). The molecule has 0 atom stereocenters. The number of aryl methyl sites for hydroxylation is 1. The molecule has 1 aromatic carbocycles. The van der Waals surface area contributed by atoms with E-state index in [-0.39, 0.29) is 5.91 Å². The van der Waals surface area contributed by atoms with Crippen LogP contribution in [0.3, 0.4) is 0 Å². The molecule has 6 heteroatoms. The van der Waals surface area contributed by atoms with Crippen LogP contribution in [-0.4, -0.2) is 54.8 Å². The predicted octanol–water partition coefficient (Wildman–Crippen LogP) is 3.23. The maximum Gasteiger partial charge on any atom is 0.223 e. The van der Waals surface area contributed by atoms with Gasteiger partial charge in [-0.2, -0.15) is 0 Å². The van der Waals surface area contributed by atoms with Crippen molar-refractivity contribution >= 4 is 23.5 Å². The molecule has 26 heavy (non-hydrogen) atoms. The summed E-state index contributed by atoms with van der Waals surface area (Å²) in [6.07, 6.45) is 2.34. The third-order valence-electron chi connectivity index (χ3n) is 4.51. The highest BCUT2D eigenvalue weighted by Crippen LogP contribution is 2.21. The first kappa shape index (κ1) is 18.6. The number of hydrogen-bond acceptors (Lipinski definition) is 5. The van der Waals surface area contributed by atoms with Crippen LogP contribution in [0.1, 0.15) is 12.0 Å². The van der Waals surface area contributed by atoms with Gasteiger partial charge in [-0.25, -0.2) is 4.98 Å². The maximum absolute atomic E-state index is 12.4. The molecule has 1 aliphatic heterocycles. The van der Waals surface area contributed by atoms with Gasteiger partial charge in [0.05, 0.1) is 7.11 Å². The zero-order valence-corrected chi connectivity index (χ0v) is 16.2. The fourth-order valence-corrected chi connectivity index (χ4v) is 3.77. The zero-order valence-electron chi connectivity index (χ0n) is 15.4. The SMILES string of the molecule is COc1ccnc(N2CCN(C(=O)CCSc3ccc(C)cc3)CC2)c1. The van der Waals surface area contributed by atoms with E-state index in [2.05, 4.69) is 41.1 Å². The average molecular weight is 372 g/mol. The van der Waals surface area contributed by atoms with Crippen molar-refractivity contribution in [3.8, 4) is 5.75 Å². The third kappa shape index (κ3) is 4.91. The topological polar surface area (TPSA) is 45.7 Å². The number of carbonyl (C=O) groups excluding carboxylic acids is 1. The average Bonchev–Trinajstić information content (AvgIpc) is 2.69. The number of piperazine rings is 1. The number of benzene rings is 1. The van der Waals surface area contributed by atoms with Crippen LogP contribution < -0.4 is 9.64 Å². The lowest BCUT2D eigenvalue weighted by atomic mass is 10.2. The van der Waals surface area contributed by atoms with Gasteiger partial charge in [-0.15, -0.1) is 11.8 Å². The van der Waals surface area contributed by atoms with Crippen molar-refractivity contribution in [1.29, 1.82) is 0 Å². The molecule has 0 saturated carbocycles. The number of hydrogen-bond donors (Lipinski definition) is 0. The molecule has 1 fully saturated rings. The van der Waals surface area contributed by atoms with Crippen molar-refractivity contribution in [2.75, 3.05) is 43.9 Å². The third-order valence-corrected chi connectivity index (χ3v) is 5.53. The van der Waals surface area contributed by atoms with Crippen LogP contribution in [0.4, 0.5) is 5.82 Å². The van der Waals surface area contributed by atoms with Gasteiger partial charge in [-0.1, -0.05) is 17.7 Å². The minimum atomic E-state index is 0.239. The van der Waals surface area contributed by atoms with Gasteiger partial charge in [-0.3, -0.25) is 4.79 Å². The van der Waals surface area contributed by atoms with Crippen molar-refractivity contribution in [3.05, 3.63) is 48.2 Å². The van der Waals surface area contributed by atoms with Crippen molar-refractivity contribution in [3.63, 3.8) is 0 Å². The monoisotopic (exact) mass is 371 g/mol. The number of anilines is 1. The lowest BCUT2D eigenvalue weighted by molar-refractivity contribution is -0.131. The number of methoxy groups -OCH3 is 1. The number of amides is 1. The minimum absolute atomic E-state index is 0.239. The Morgan fingerprint density at radius 1 is 1.15 bits per heavy atom. The van der Waals surface area contributed by atoms with Crippen LogP contribution in [0.15, 0.2) is 47.5 Å². The van der Waals surface area contributed by atoms with Crippen LogP contribution in [0.25, 0.3) is 0 Å². The standard InChI is InChI=1S/C20H25N3O2S/c1-16-3-5-18(6-4-16)26-14-8-20(24)23-12-10-22(11-13-23)19-15-17(25-2)7-9-21-19/h3-7,9,15H,8,10-14H2,1-2H3. The van der Waals surface area contributed by atoms with Gasteiger partial charge in [0.15, 0.2) is 0 Å². The number of thioether (sulfide) groups is 1. The van der Waals surface area contributed by atoms with E-state index < -0.39 is 0 Å². The fraction of sp³-hybridized carbons (Fsp3) is 0.400. The van der Waals surface area contributed by atoms with Crippen molar-refractivity contribution in [1.82, 2.24) is 9.88 Å². The van der Waals surface area contributed by atoms with E-state index in [1.165, 1.54) is 10.5 Å². The van der Waals surface area contributed by atoms with Gasteiger partial charge in [-0.05, 0) is 25.1 Å². The largest absolute Gasteiger partial charge is 0.497 e. The summed E-state index contributed by atoms with van der Waals surface area (Å²) in [5.41, 5.74) is 1.26. The summed E-state index contributed by atoms with van der Waals surface area (Å²) in [7, 11) is 1.66. The lowest BCUT2D eigenvalue weighted by Gasteiger charge is -2.35. The van der Waals surface area contributed by atoms with Crippen LogP contribution in [-0.2, 0) is 4.79 Å². The first-order valence-electron chi connectivity index (χ1n) is 8.88. The smallest absolute Gasteiger partial charge is 0.223 e. The van der Waals surface area contributed by atoms with Gasteiger partial charge in [0.1, 0.15) is 11.6 Å². The second kappa shape index (κ2) is 8.94. The number of ether oxygens (including phenoxy) is 1. The summed E-state index contributed by atoms with van der Waals surface area (Å²) in [4.78, 5) is 22.2. The van der Waals surface area contributed by atoms with Crippen LogP contribution in [0.2, 0.25) is 0 Å². The van der Waals surface area contributed by atoms with Crippen molar-refractivity contribution in [2.45, 2.75) is 18.2 Å². The summed E-state index contributed by atoms with van der Waals surface area (Å²) in [5, 5.41) is 0. The molecule has 1 saturated heterocycles. The highest BCUT2D eigenvalue weighted by Gasteiger charge is 2.21. The summed E-state index contributed by atoms with van der Waals surface area (Å²) < 4.78 is 5.26. The molecular formula is C20H25N3O2S. The molecule has 0 aliphatic carbocycles. The summed E-state index contributed by atoms with van der Waals surface area (Å²) >= 11 is 1.74. The van der Waals surface area contributed by atoms with Crippen LogP contribution in [0.5, 0.6) is 5.75 Å². The van der Waals surface area contributed by atoms with E-state index in [1.54, 1.807) is 25.1 Å². The van der Waals surface area contributed by atoms with Gasteiger partial charge in [0.2, 0.25) is 5.91 Å². The first-order valence-corrected chi connectivity index (χ1v) is 9.86. The van der Waals surface area contributed by atoms with E-state index in [0.717, 1.165) is 43.5 Å². The Labute approximate surface area is 159 Å². The Hall–Kier alpha value is -2.21. The fourth-order valence-electron chi connectivity index (χ4n) is 2.93. The van der Waals surface area contributed by atoms with E-state index in [4.69, 9.17) is 4.74 Å². The van der Waals surface area contributed by atoms with Crippen molar-refractivity contribution < 1.29 is 9.53 Å². The molecule has 1 amide bonds. The van der Waals surface area contributed by atoms with E-state index >= 15 is 0 Å². The van der Waals surface area contributed by atoms with Gasteiger partial charge in [0, 0.05) is 55.5 Å². The molecular weight excluding hydrogens is 346 g/mol. The Kier molecular flexibility index (Phi) is 6.39. The highest BCUT2D eigenvalue weighted by molar-refractivity contribution is 7.99. The lowest BCUT2D eigenvalue weighted by Crippen LogP contribution is -2.49. The van der Waals surface area contributed by atoms with E-state index in [1.807, 2.05) is 17.0 Å². The zero-order chi connectivity index (χ0) is 18.4. The molecule has 0 unspecified atom stereocenters. The van der Waals surface area contributed by atoms with Crippen LogP contribution >= 0.6 is 11.8 Å². The number of nitrogens with zero attached hydrogens (tertiary/aromatic N) is 3. The molecule has 1 aromatic heterocycles. The summed E-state index contributed by atoms with van der Waals surface area (Å²) in [6.45, 7) is 5.17. The van der Waals surface area contributed by atoms with E-state index in [9.17, 15) is 4.79 Å². The molecule has 0 spiro atoms. The maximum atomic E-state index is 12.4. The molecule has 0 radical (unpaired) electrons. The minimum Gasteiger partial charge on any atom is -0.497 e. The predicted molar refractivity (Wildman–Crippen MR) is 106 cm³/mol.